The average molecular weight is 424 g/mol. The lowest BCUT2D eigenvalue weighted by atomic mass is 10.1. The number of aryl methyl sites for hydroxylation is 2. The first kappa shape index (κ1) is 21.7. The van der Waals surface area contributed by atoms with Gasteiger partial charge in [-0.05, 0) is 61.4 Å². The Hall–Kier alpha value is -2.58. The van der Waals surface area contributed by atoms with Crippen LogP contribution in [0.15, 0.2) is 47.4 Å². The van der Waals surface area contributed by atoms with Gasteiger partial charge in [-0.1, -0.05) is 17.7 Å². The van der Waals surface area contributed by atoms with Crippen molar-refractivity contribution in [3.63, 3.8) is 0 Å². The molecule has 2 aromatic carbocycles. The molecule has 28 heavy (non-hydrogen) atoms. The predicted octanol–water partition coefficient (Wildman–Crippen LogP) is 2.71. The molecule has 0 fully saturated rings. The average Bonchev–Trinajstić information content (AvgIpc) is 2.59. The molecule has 0 spiro atoms. The maximum atomic E-state index is 13.2. The summed E-state index contributed by atoms with van der Waals surface area (Å²) >= 11 is 5.87. The van der Waals surface area contributed by atoms with Gasteiger partial charge < -0.3 is 0 Å². The molecule has 150 valence electrons. The molecule has 0 radical (unpaired) electrons. The van der Waals surface area contributed by atoms with Crippen molar-refractivity contribution in [1.82, 2.24) is 10.9 Å². The highest BCUT2D eigenvalue weighted by Gasteiger charge is 2.26. The van der Waals surface area contributed by atoms with Gasteiger partial charge in [0.1, 0.15) is 0 Å². The van der Waals surface area contributed by atoms with E-state index in [1.54, 1.807) is 12.1 Å². The summed E-state index contributed by atoms with van der Waals surface area (Å²) in [5.41, 5.74) is 6.67. The molecule has 0 atom stereocenters. The van der Waals surface area contributed by atoms with Gasteiger partial charge in [0.15, 0.2) is 0 Å². The number of benzene rings is 2. The summed E-state index contributed by atoms with van der Waals surface area (Å²) in [6.07, 6.45) is -0.139. The van der Waals surface area contributed by atoms with Crippen LogP contribution in [0.4, 0.5) is 5.69 Å². The zero-order valence-electron chi connectivity index (χ0n) is 15.8. The highest BCUT2D eigenvalue weighted by atomic mass is 35.5. The van der Waals surface area contributed by atoms with Crippen molar-refractivity contribution in [3.05, 3.63) is 58.6 Å². The number of nitrogens with zero attached hydrogens (tertiary/aromatic N) is 1. The molecule has 0 saturated carbocycles. The third-order valence-corrected chi connectivity index (χ3v) is 5.91. The molecule has 2 amide bonds. The number of amides is 2. The summed E-state index contributed by atoms with van der Waals surface area (Å²) in [5.74, 6) is -0.927. The molecule has 0 heterocycles. The standard InChI is InChI=1S/C19H22ClN3O4S/c1-13-10-14(2)12-17(11-13)23(9-8-19(25)22-21-15(3)24)28(26,27)18-6-4-16(20)5-7-18/h4-7,10-12H,8-9H2,1-3H3,(H,21,24)(H,22,25). The van der Waals surface area contributed by atoms with E-state index in [1.807, 2.05) is 19.9 Å². The molecule has 7 nitrogen and oxygen atoms in total. The number of nitrogens with one attached hydrogen (secondary N) is 2. The number of sulfonamides is 1. The lowest BCUT2D eigenvalue weighted by molar-refractivity contribution is -0.127. The summed E-state index contributed by atoms with van der Waals surface area (Å²) in [5, 5.41) is 0.423. The van der Waals surface area contributed by atoms with Crippen molar-refractivity contribution in [3.8, 4) is 0 Å². The summed E-state index contributed by atoms with van der Waals surface area (Å²) < 4.78 is 27.6. The molecular formula is C19H22ClN3O4S. The van der Waals surface area contributed by atoms with Gasteiger partial charge in [-0.2, -0.15) is 0 Å². The van der Waals surface area contributed by atoms with Crippen molar-refractivity contribution in [2.45, 2.75) is 32.1 Å². The van der Waals surface area contributed by atoms with E-state index in [2.05, 4.69) is 10.9 Å². The van der Waals surface area contributed by atoms with Gasteiger partial charge in [0.05, 0.1) is 10.6 Å². The highest BCUT2D eigenvalue weighted by Crippen LogP contribution is 2.27. The number of hydrazine groups is 1. The van der Waals surface area contributed by atoms with E-state index in [-0.39, 0.29) is 17.9 Å². The Morgan fingerprint density at radius 3 is 2.11 bits per heavy atom. The minimum atomic E-state index is -3.92. The van der Waals surface area contributed by atoms with Crippen LogP contribution in [0.5, 0.6) is 0 Å². The summed E-state index contributed by atoms with van der Waals surface area (Å²) in [4.78, 5) is 22.9. The van der Waals surface area contributed by atoms with Gasteiger partial charge >= 0.3 is 0 Å². The monoisotopic (exact) mass is 423 g/mol. The maximum absolute atomic E-state index is 13.2. The van der Waals surface area contributed by atoms with Crippen LogP contribution in [0, 0.1) is 13.8 Å². The van der Waals surface area contributed by atoms with Crippen molar-refractivity contribution >= 4 is 39.1 Å². The lowest BCUT2D eigenvalue weighted by Gasteiger charge is -2.25. The lowest BCUT2D eigenvalue weighted by Crippen LogP contribution is -2.42. The fourth-order valence-electron chi connectivity index (χ4n) is 2.64. The van der Waals surface area contributed by atoms with Crippen molar-refractivity contribution in [2.24, 2.45) is 0 Å². The van der Waals surface area contributed by atoms with Gasteiger partial charge in [-0.3, -0.25) is 24.7 Å². The number of hydrogen-bond acceptors (Lipinski definition) is 4. The number of hydrogen-bond donors (Lipinski definition) is 2. The van der Waals surface area contributed by atoms with Crippen molar-refractivity contribution in [2.75, 3.05) is 10.8 Å². The van der Waals surface area contributed by atoms with Gasteiger partial charge in [-0.15, -0.1) is 0 Å². The second-order valence-corrected chi connectivity index (χ2v) is 8.66. The minimum absolute atomic E-state index is 0.0679. The molecule has 0 saturated heterocycles. The molecule has 2 N–H and O–H groups in total. The van der Waals surface area contributed by atoms with Crippen LogP contribution in [-0.4, -0.2) is 26.8 Å². The summed E-state index contributed by atoms with van der Waals surface area (Å²) in [7, 11) is -3.92. The number of rotatable bonds is 6. The van der Waals surface area contributed by atoms with Crippen LogP contribution in [0.2, 0.25) is 5.02 Å². The minimum Gasteiger partial charge on any atom is -0.274 e. The van der Waals surface area contributed by atoms with Crippen LogP contribution in [0.1, 0.15) is 24.5 Å². The molecule has 0 aromatic heterocycles. The Kier molecular flexibility index (Phi) is 7.04. The van der Waals surface area contributed by atoms with E-state index in [1.165, 1.54) is 35.5 Å². The Balaban J connectivity index is 2.36. The molecular weight excluding hydrogens is 402 g/mol. The fraction of sp³-hybridized carbons (Fsp3) is 0.263. The number of anilines is 1. The summed E-state index contributed by atoms with van der Waals surface area (Å²) in [6.45, 7) is 4.90. The normalized spacial score (nSPS) is 11.0. The van der Waals surface area contributed by atoms with Crippen LogP contribution in [0.3, 0.4) is 0 Å². The highest BCUT2D eigenvalue weighted by molar-refractivity contribution is 7.92. The third kappa shape index (κ3) is 5.71. The van der Waals surface area contributed by atoms with E-state index in [9.17, 15) is 18.0 Å². The largest absolute Gasteiger partial charge is 0.274 e. The quantitative estimate of drug-likeness (QED) is 0.698. The Morgan fingerprint density at radius 2 is 1.57 bits per heavy atom. The predicted molar refractivity (Wildman–Crippen MR) is 108 cm³/mol. The first-order chi connectivity index (χ1) is 13.1. The molecule has 0 unspecified atom stereocenters. The van der Waals surface area contributed by atoms with E-state index in [0.717, 1.165) is 11.1 Å². The van der Waals surface area contributed by atoms with Crippen LogP contribution in [0.25, 0.3) is 0 Å². The molecule has 0 bridgehead atoms. The van der Waals surface area contributed by atoms with E-state index in [4.69, 9.17) is 11.6 Å². The van der Waals surface area contributed by atoms with Gasteiger partial charge in [-0.25, -0.2) is 8.42 Å². The fourth-order valence-corrected chi connectivity index (χ4v) is 4.21. The molecule has 0 aliphatic rings. The first-order valence-electron chi connectivity index (χ1n) is 8.51. The van der Waals surface area contributed by atoms with Gasteiger partial charge in [0, 0.05) is 24.9 Å². The van der Waals surface area contributed by atoms with E-state index in [0.29, 0.717) is 10.7 Å². The third-order valence-electron chi connectivity index (χ3n) is 3.82. The van der Waals surface area contributed by atoms with E-state index < -0.39 is 21.8 Å². The molecule has 2 rings (SSSR count). The number of carbonyl (C=O) groups excluding carboxylic acids is 2. The zero-order valence-corrected chi connectivity index (χ0v) is 17.4. The smallest absolute Gasteiger partial charge is 0.264 e. The molecule has 2 aromatic rings. The Labute approximate surface area is 169 Å². The number of carbonyl (C=O) groups is 2. The van der Waals surface area contributed by atoms with Crippen LogP contribution >= 0.6 is 11.6 Å². The first-order valence-corrected chi connectivity index (χ1v) is 10.3. The van der Waals surface area contributed by atoms with Crippen LogP contribution in [-0.2, 0) is 19.6 Å². The zero-order chi connectivity index (χ0) is 20.9. The van der Waals surface area contributed by atoms with Crippen LogP contribution < -0.4 is 15.2 Å². The Bertz CT molecular complexity index is 955. The van der Waals surface area contributed by atoms with Crippen molar-refractivity contribution < 1.29 is 18.0 Å². The van der Waals surface area contributed by atoms with Crippen molar-refractivity contribution in [1.29, 1.82) is 0 Å². The van der Waals surface area contributed by atoms with E-state index >= 15 is 0 Å². The topological polar surface area (TPSA) is 95.6 Å². The number of halogens is 1. The van der Waals surface area contributed by atoms with Gasteiger partial charge in [0.2, 0.25) is 11.8 Å². The summed E-state index contributed by atoms with van der Waals surface area (Å²) in [6, 6.07) is 11.3. The second kappa shape index (κ2) is 9.07. The molecule has 0 aliphatic heterocycles. The van der Waals surface area contributed by atoms with Gasteiger partial charge in [0.25, 0.3) is 10.0 Å². The second-order valence-electron chi connectivity index (χ2n) is 6.36. The Morgan fingerprint density at radius 1 is 1.00 bits per heavy atom. The maximum Gasteiger partial charge on any atom is 0.264 e. The molecule has 0 aliphatic carbocycles. The molecule has 9 heteroatoms. The SMILES string of the molecule is CC(=O)NNC(=O)CCN(c1cc(C)cc(C)c1)S(=O)(=O)c1ccc(Cl)cc1.